The van der Waals surface area contributed by atoms with Crippen molar-refractivity contribution in [3.05, 3.63) is 17.9 Å². The maximum absolute atomic E-state index is 13.8. The first-order valence-electron chi connectivity index (χ1n) is 6.22. The largest absolute Gasteiger partial charge is 0.493 e. The maximum atomic E-state index is 13.8. The van der Waals surface area contributed by atoms with E-state index >= 15 is 0 Å². The summed E-state index contributed by atoms with van der Waals surface area (Å²) in [7, 11) is -1.51. The fourth-order valence-electron chi connectivity index (χ4n) is 1.69. The average Bonchev–Trinajstić information content (AvgIpc) is 2.28. The van der Waals surface area contributed by atoms with Crippen molar-refractivity contribution in [1.82, 2.24) is 0 Å². The first-order chi connectivity index (χ1) is 8.98. The van der Waals surface area contributed by atoms with E-state index in [4.69, 9.17) is 4.74 Å². The van der Waals surface area contributed by atoms with Crippen molar-refractivity contribution in [3.63, 3.8) is 0 Å². The Morgan fingerprint density at radius 3 is 2.25 bits per heavy atom. The molecule has 0 aromatic heterocycles. The van der Waals surface area contributed by atoms with E-state index < -0.39 is 18.4 Å². The molecule has 0 radical (unpaired) electrons. The second-order valence-corrected chi connectivity index (χ2v) is 9.18. The monoisotopic (exact) mass is 301 g/mol. The van der Waals surface area contributed by atoms with Gasteiger partial charge in [-0.15, -0.1) is 0 Å². The lowest BCUT2D eigenvalue weighted by atomic mass is 9.95. The molecule has 0 saturated heterocycles. The van der Waals surface area contributed by atoms with Crippen LogP contribution in [0.2, 0.25) is 0 Å². The number of anilines is 1. The average molecular weight is 301 g/mol. The molecule has 1 aromatic carbocycles. The van der Waals surface area contributed by atoms with E-state index in [9.17, 15) is 13.8 Å². The van der Waals surface area contributed by atoms with Gasteiger partial charge in [0, 0.05) is 5.41 Å². The zero-order chi connectivity index (χ0) is 15.7. The van der Waals surface area contributed by atoms with Crippen LogP contribution in [0.3, 0.4) is 0 Å². The van der Waals surface area contributed by atoms with Gasteiger partial charge >= 0.3 is 0 Å². The summed E-state index contributed by atoms with van der Waals surface area (Å²) >= 11 is 0. The zero-order valence-electron chi connectivity index (χ0n) is 12.7. The fourth-order valence-corrected chi connectivity index (χ4v) is 3.08. The fraction of sp³-hybridized carbons (Fsp3) is 0.500. The Morgan fingerprint density at radius 1 is 1.30 bits per heavy atom. The van der Waals surface area contributed by atoms with Crippen molar-refractivity contribution in [2.24, 2.45) is 5.41 Å². The van der Waals surface area contributed by atoms with Crippen LogP contribution < -0.4 is 15.4 Å². The lowest BCUT2D eigenvalue weighted by molar-refractivity contribution is -0.123. The molecule has 1 amide bonds. The Morgan fingerprint density at radius 2 is 1.85 bits per heavy atom. The molecule has 0 fully saturated rings. The van der Waals surface area contributed by atoms with Gasteiger partial charge in [0.25, 0.3) is 0 Å². The van der Waals surface area contributed by atoms with Crippen molar-refractivity contribution < 1.29 is 18.5 Å². The summed E-state index contributed by atoms with van der Waals surface area (Å²) in [6.45, 7) is 8.31. The molecule has 1 aromatic rings. The second-order valence-electron chi connectivity index (χ2n) is 6.03. The van der Waals surface area contributed by atoms with Crippen molar-refractivity contribution in [2.45, 2.75) is 20.8 Å². The van der Waals surface area contributed by atoms with Gasteiger partial charge in [0.05, 0.1) is 18.1 Å². The Hall–Kier alpha value is -1.35. The van der Waals surface area contributed by atoms with Gasteiger partial charge in [0.2, 0.25) is 5.91 Å². The third-order valence-corrected chi connectivity index (χ3v) is 4.28. The third-order valence-electron chi connectivity index (χ3n) is 2.76. The molecule has 0 unspecified atom stereocenters. The van der Waals surface area contributed by atoms with Crippen molar-refractivity contribution in [3.8, 4) is 5.75 Å². The van der Waals surface area contributed by atoms with Crippen LogP contribution in [-0.4, -0.2) is 26.3 Å². The van der Waals surface area contributed by atoms with E-state index in [0.717, 1.165) is 0 Å². The van der Waals surface area contributed by atoms with Crippen LogP contribution in [0.5, 0.6) is 5.75 Å². The number of hydrogen-bond acceptors (Lipinski definition) is 3. The van der Waals surface area contributed by atoms with Crippen LogP contribution >= 0.6 is 7.14 Å². The predicted molar refractivity (Wildman–Crippen MR) is 80.1 cm³/mol. The van der Waals surface area contributed by atoms with E-state index in [1.807, 2.05) is 0 Å². The zero-order valence-corrected chi connectivity index (χ0v) is 13.6. The highest BCUT2D eigenvalue weighted by atomic mass is 31.2. The van der Waals surface area contributed by atoms with Gasteiger partial charge in [-0.3, -0.25) is 4.79 Å². The molecule has 4 nitrogen and oxygen atoms in total. The summed E-state index contributed by atoms with van der Waals surface area (Å²) in [5, 5.41) is 2.92. The molecule has 0 spiro atoms. The van der Waals surface area contributed by atoms with Gasteiger partial charge in [0.1, 0.15) is 7.14 Å². The Balaban J connectivity index is 3.42. The van der Waals surface area contributed by atoms with E-state index in [1.54, 1.807) is 20.8 Å². The molecule has 0 aliphatic rings. The van der Waals surface area contributed by atoms with Gasteiger partial charge in [0.15, 0.2) is 11.6 Å². The lowest BCUT2D eigenvalue weighted by Gasteiger charge is -2.22. The number of amides is 1. The van der Waals surface area contributed by atoms with Crippen molar-refractivity contribution in [1.29, 1.82) is 0 Å². The van der Waals surface area contributed by atoms with Gasteiger partial charge in [-0.25, -0.2) is 4.39 Å². The van der Waals surface area contributed by atoms with E-state index in [1.165, 1.54) is 32.6 Å². The van der Waals surface area contributed by atoms with Gasteiger partial charge in [-0.2, -0.15) is 0 Å². The minimum absolute atomic E-state index is 0.0787. The summed E-state index contributed by atoms with van der Waals surface area (Å²) < 4.78 is 31.2. The number of benzene rings is 1. The second kappa shape index (κ2) is 5.57. The Labute approximate surface area is 119 Å². The Bertz CT molecular complexity index is 573. The number of nitrogens with one attached hydrogen (secondary N) is 1. The van der Waals surface area contributed by atoms with E-state index in [2.05, 4.69) is 5.32 Å². The standard InChI is InChI=1S/C14H21FNO3P/c1-14(2,3)13(17)16-10-8-7-9(15)11(19-4)12(10)20(5,6)18/h7-8H,1-6H3,(H,16,17). The molecule has 20 heavy (non-hydrogen) atoms. The highest BCUT2D eigenvalue weighted by Crippen LogP contribution is 2.43. The summed E-state index contributed by atoms with van der Waals surface area (Å²) in [6, 6.07) is 2.60. The van der Waals surface area contributed by atoms with Gasteiger partial charge < -0.3 is 14.6 Å². The summed E-state index contributed by atoms with van der Waals surface area (Å²) in [5.41, 5.74) is -0.277. The minimum Gasteiger partial charge on any atom is -0.493 e. The molecule has 1 rings (SSSR count). The number of carbonyl (C=O) groups is 1. The molecule has 112 valence electrons. The van der Waals surface area contributed by atoms with Crippen molar-refractivity contribution in [2.75, 3.05) is 25.8 Å². The normalized spacial score (nSPS) is 12.2. The molecule has 0 atom stereocenters. The number of hydrogen-bond donors (Lipinski definition) is 1. The predicted octanol–water partition coefficient (Wildman–Crippen LogP) is 3.07. The summed E-state index contributed by atoms with van der Waals surface area (Å²) in [4.78, 5) is 12.1. The molecule has 0 aliphatic carbocycles. The van der Waals surface area contributed by atoms with Crippen LogP contribution in [-0.2, 0) is 9.36 Å². The SMILES string of the molecule is COc1c(F)ccc(NC(=O)C(C)(C)C)c1P(C)(C)=O. The third kappa shape index (κ3) is 3.60. The molecular formula is C14H21FNO3P. The summed E-state index contributed by atoms with van der Waals surface area (Å²) in [5.74, 6) is -0.911. The highest BCUT2D eigenvalue weighted by molar-refractivity contribution is 7.70. The van der Waals surface area contributed by atoms with Crippen LogP contribution in [0.25, 0.3) is 0 Å². The van der Waals surface area contributed by atoms with Crippen molar-refractivity contribution >= 4 is 24.0 Å². The van der Waals surface area contributed by atoms with Gasteiger partial charge in [-0.05, 0) is 25.5 Å². The number of methoxy groups -OCH3 is 1. The lowest BCUT2D eigenvalue weighted by Crippen LogP contribution is -2.30. The number of halogens is 1. The number of rotatable bonds is 3. The Kier molecular flexibility index (Phi) is 4.65. The van der Waals surface area contributed by atoms with Crippen LogP contribution in [0.1, 0.15) is 20.8 Å². The van der Waals surface area contributed by atoms with Gasteiger partial charge in [-0.1, -0.05) is 20.8 Å². The minimum atomic E-state index is -2.83. The first kappa shape index (κ1) is 16.7. The molecule has 0 bridgehead atoms. The molecule has 0 aliphatic heterocycles. The van der Waals surface area contributed by atoms with Crippen LogP contribution in [0.4, 0.5) is 10.1 Å². The topological polar surface area (TPSA) is 55.4 Å². The quantitative estimate of drug-likeness (QED) is 0.873. The maximum Gasteiger partial charge on any atom is 0.229 e. The smallest absolute Gasteiger partial charge is 0.229 e. The number of carbonyl (C=O) groups excluding carboxylic acids is 1. The summed E-state index contributed by atoms with van der Waals surface area (Å²) in [6.07, 6.45) is 0. The number of ether oxygens (including phenoxy) is 1. The molecule has 1 N–H and O–H groups in total. The van der Waals surface area contributed by atoms with E-state index in [0.29, 0.717) is 5.69 Å². The molecule has 0 heterocycles. The van der Waals surface area contributed by atoms with E-state index in [-0.39, 0.29) is 17.0 Å². The highest BCUT2D eigenvalue weighted by Gasteiger charge is 2.28. The van der Waals surface area contributed by atoms with Crippen LogP contribution in [0.15, 0.2) is 12.1 Å². The van der Waals surface area contributed by atoms with Crippen LogP contribution in [0, 0.1) is 11.2 Å². The molecular weight excluding hydrogens is 280 g/mol. The first-order valence-corrected chi connectivity index (χ1v) is 8.82. The molecule has 0 saturated carbocycles. The molecule has 6 heteroatoms.